The molecule has 3 heterocycles. The minimum absolute atomic E-state index is 0.0289. The molecule has 272 valence electrons. The second-order valence-electron chi connectivity index (χ2n) is 14.7. The fourth-order valence-corrected chi connectivity index (χ4v) is 9.25. The fourth-order valence-electron chi connectivity index (χ4n) is 8.92. The van der Waals surface area contributed by atoms with Crippen molar-refractivity contribution in [3.63, 3.8) is 0 Å². The van der Waals surface area contributed by atoms with Gasteiger partial charge in [-0.1, -0.05) is 29.8 Å². The van der Waals surface area contributed by atoms with E-state index in [9.17, 15) is 27.6 Å². The Kier molecular flexibility index (Phi) is 11.3. The lowest BCUT2D eigenvalue weighted by molar-refractivity contribution is -0.161. The Hall–Kier alpha value is -3.31. The highest BCUT2D eigenvalue weighted by molar-refractivity contribution is 6.33. The van der Waals surface area contributed by atoms with Gasteiger partial charge in [-0.15, -0.1) is 0 Å². The van der Waals surface area contributed by atoms with E-state index in [4.69, 9.17) is 16.3 Å². The van der Waals surface area contributed by atoms with Crippen molar-refractivity contribution in [1.82, 2.24) is 10.2 Å². The number of benzene rings is 2. The molecule has 3 aliphatic heterocycles. The lowest BCUT2D eigenvalue weighted by Gasteiger charge is -2.43. The summed E-state index contributed by atoms with van der Waals surface area (Å²) in [6.45, 7) is 3.06. The third kappa shape index (κ3) is 8.25. The van der Waals surface area contributed by atoms with E-state index in [1.165, 1.54) is 18.7 Å². The molecular weight excluding hydrogens is 669 g/mol. The van der Waals surface area contributed by atoms with Crippen molar-refractivity contribution in [2.45, 2.75) is 94.7 Å². The van der Waals surface area contributed by atoms with E-state index < -0.39 is 23.8 Å². The molecule has 1 aliphatic carbocycles. The Morgan fingerprint density at radius 2 is 1.72 bits per heavy atom. The van der Waals surface area contributed by atoms with Gasteiger partial charge in [-0.2, -0.15) is 13.2 Å². The van der Waals surface area contributed by atoms with E-state index in [2.05, 4.69) is 22.0 Å². The molecule has 0 unspecified atom stereocenters. The number of nitrogens with zero attached hydrogens (tertiary/aromatic N) is 1. The highest BCUT2D eigenvalue weighted by Crippen LogP contribution is 2.49. The maximum Gasteiger partial charge on any atom is 0.418 e. The van der Waals surface area contributed by atoms with Gasteiger partial charge in [-0.3, -0.25) is 14.4 Å². The number of nitrogens with one attached hydrogen (secondary N) is 3. The molecule has 3 N–H and O–H groups in total. The average molecular weight is 717 g/mol. The van der Waals surface area contributed by atoms with Crippen LogP contribution < -0.4 is 16.0 Å². The van der Waals surface area contributed by atoms with Crippen LogP contribution in [0.3, 0.4) is 0 Å². The number of anilines is 2. The highest BCUT2D eigenvalue weighted by Gasteiger charge is 2.43. The first-order chi connectivity index (χ1) is 24.0. The third-order valence-electron chi connectivity index (χ3n) is 11.7. The molecular formula is C38H48ClF3N4O4. The number of halogens is 4. The second-order valence-corrected chi connectivity index (χ2v) is 15.1. The number of ether oxygens (including phenoxy) is 1. The van der Waals surface area contributed by atoms with Crippen molar-refractivity contribution in [2.75, 3.05) is 43.9 Å². The van der Waals surface area contributed by atoms with Crippen LogP contribution in [-0.4, -0.2) is 62.0 Å². The molecule has 2 saturated heterocycles. The number of carbonyl (C=O) groups is 3. The van der Waals surface area contributed by atoms with Gasteiger partial charge in [0.15, 0.2) is 6.10 Å². The lowest BCUT2D eigenvalue weighted by atomic mass is 9.63. The summed E-state index contributed by atoms with van der Waals surface area (Å²) in [7, 11) is 1.37. The van der Waals surface area contributed by atoms with Crippen LogP contribution in [0.1, 0.15) is 87.3 Å². The number of hydrogen-bond donors (Lipinski definition) is 3. The van der Waals surface area contributed by atoms with Crippen LogP contribution in [0.15, 0.2) is 36.4 Å². The van der Waals surface area contributed by atoms with Crippen molar-refractivity contribution in [1.29, 1.82) is 0 Å². The predicted octanol–water partition coefficient (Wildman–Crippen LogP) is 7.34. The Morgan fingerprint density at radius 3 is 2.40 bits per heavy atom. The van der Waals surface area contributed by atoms with E-state index in [0.29, 0.717) is 37.8 Å². The number of fused-ring (bicyclic) bond motifs is 2. The summed E-state index contributed by atoms with van der Waals surface area (Å²) in [6, 6.07) is 10.3. The number of amides is 2. The Balaban J connectivity index is 1.11. The molecule has 6 rings (SSSR count). The first-order valence-corrected chi connectivity index (χ1v) is 18.5. The molecule has 1 saturated carbocycles. The molecule has 4 aliphatic rings. The number of rotatable bonds is 9. The van der Waals surface area contributed by atoms with Crippen molar-refractivity contribution >= 4 is 40.8 Å². The standard InChI is InChI=1S/C38H48ClF3N4O4/c1-43-35-29(38(40,41)42)20-25(21-30(35)39)22-32(36(49)46-18-12-27(13-19-46)26-10-16-44-17-11-26)50-34(48)7-6-24-8-14-37(15-9-24)23-33(47)45-31-5-3-2-4-28(31)37/h2-5,20-21,24,26-27,32,43-44H,6-19,22-23H2,1H3,(H,45,47)/t24?,32-,37?/m1/s1. The summed E-state index contributed by atoms with van der Waals surface area (Å²) in [5, 5.41) is 8.79. The zero-order valence-corrected chi connectivity index (χ0v) is 29.4. The van der Waals surface area contributed by atoms with Crippen LogP contribution in [0.25, 0.3) is 0 Å². The average Bonchev–Trinajstić information content (AvgIpc) is 3.10. The van der Waals surface area contributed by atoms with Gasteiger partial charge >= 0.3 is 12.1 Å². The van der Waals surface area contributed by atoms with Crippen LogP contribution in [-0.2, 0) is 37.1 Å². The van der Waals surface area contributed by atoms with Gasteiger partial charge in [0.05, 0.1) is 16.3 Å². The molecule has 0 aromatic heterocycles. The maximum absolute atomic E-state index is 14.0. The third-order valence-corrected chi connectivity index (χ3v) is 12.0. The molecule has 50 heavy (non-hydrogen) atoms. The van der Waals surface area contributed by atoms with Gasteiger partial charge in [0.1, 0.15) is 0 Å². The van der Waals surface area contributed by atoms with E-state index >= 15 is 0 Å². The molecule has 3 fully saturated rings. The molecule has 2 amide bonds. The van der Waals surface area contributed by atoms with Crippen LogP contribution in [0.5, 0.6) is 0 Å². The van der Waals surface area contributed by atoms with E-state index in [1.807, 2.05) is 18.2 Å². The minimum atomic E-state index is -4.67. The number of para-hydroxylation sites is 1. The van der Waals surface area contributed by atoms with Crippen molar-refractivity contribution in [2.24, 2.45) is 17.8 Å². The molecule has 0 bridgehead atoms. The number of piperidine rings is 2. The summed E-state index contributed by atoms with van der Waals surface area (Å²) in [6.07, 6.45) is 2.34. The number of hydrogen-bond acceptors (Lipinski definition) is 6. The van der Waals surface area contributed by atoms with Crippen molar-refractivity contribution in [3.05, 3.63) is 58.1 Å². The van der Waals surface area contributed by atoms with Crippen LogP contribution in [0.2, 0.25) is 5.02 Å². The van der Waals surface area contributed by atoms with Gasteiger partial charge in [0.2, 0.25) is 5.91 Å². The van der Waals surface area contributed by atoms with Gasteiger partial charge in [-0.25, -0.2) is 0 Å². The van der Waals surface area contributed by atoms with E-state index in [1.54, 1.807) is 4.90 Å². The molecule has 12 heteroatoms. The summed E-state index contributed by atoms with van der Waals surface area (Å²) < 4.78 is 47.8. The lowest BCUT2D eigenvalue weighted by Crippen LogP contribution is -2.47. The first-order valence-electron chi connectivity index (χ1n) is 18.1. The van der Waals surface area contributed by atoms with Gasteiger partial charge in [-0.05, 0) is 118 Å². The van der Waals surface area contributed by atoms with Crippen LogP contribution in [0, 0.1) is 17.8 Å². The van der Waals surface area contributed by atoms with E-state index in [0.717, 1.165) is 76.2 Å². The number of alkyl halides is 3. The zero-order chi connectivity index (χ0) is 35.5. The Bertz CT molecular complexity index is 1550. The van der Waals surface area contributed by atoms with E-state index in [-0.39, 0.29) is 52.3 Å². The van der Waals surface area contributed by atoms with Crippen molar-refractivity contribution < 1.29 is 32.3 Å². The molecule has 0 radical (unpaired) electrons. The summed E-state index contributed by atoms with van der Waals surface area (Å²) >= 11 is 6.28. The Morgan fingerprint density at radius 1 is 1.04 bits per heavy atom. The number of carbonyl (C=O) groups excluding carboxylic acids is 3. The van der Waals surface area contributed by atoms with Crippen molar-refractivity contribution in [3.8, 4) is 0 Å². The summed E-state index contributed by atoms with van der Waals surface area (Å²) in [4.78, 5) is 41.6. The number of likely N-dealkylation sites (tertiary alicyclic amines) is 1. The van der Waals surface area contributed by atoms with Crippen LogP contribution in [0.4, 0.5) is 24.5 Å². The normalized spacial score (nSPS) is 24.0. The first kappa shape index (κ1) is 36.5. The predicted molar refractivity (Wildman–Crippen MR) is 187 cm³/mol. The smallest absolute Gasteiger partial charge is 0.418 e. The molecule has 1 spiro atoms. The molecule has 2 aromatic carbocycles. The quantitative estimate of drug-likeness (QED) is 0.235. The summed E-state index contributed by atoms with van der Waals surface area (Å²) in [5.74, 6) is 0.519. The largest absolute Gasteiger partial charge is 0.452 e. The topological polar surface area (TPSA) is 99.8 Å². The zero-order valence-electron chi connectivity index (χ0n) is 28.7. The maximum atomic E-state index is 14.0. The fraction of sp³-hybridized carbons (Fsp3) is 0.605. The molecule has 8 nitrogen and oxygen atoms in total. The highest BCUT2D eigenvalue weighted by atomic mass is 35.5. The Labute approximate surface area is 297 Å². The summed E-state index contributed by atoms with van der Waals surface area (Å²) in [5.41, 5.74) is 0.849. The minimum Gasteiger partial charge on any atom is -0.452 e. The second kappa shape index (κ2) is 15.5. The van der Waals surface area contributed by atoms with Crippen LogP contribution >= 0.6 is 11.6 Å². The molecule has 1 atom stereocenters. The van der Waals surface area contributed by atoms with Gasteiger partial charge in [0, 0.05) is 50.5 Å². The van der Waals surface area contributed by atoms with Gasteiger partial charge in [0.25, 0.3) is 5.91 Å². The number of esters is 1. The SMILES string of the molecule is CNc1c(Cl)cc(C[C@@H](OC(=O)CCC2CCC3(CC2)CC(=O)Nc2ccccc23)C(=O)N2CCC(C3CCNCC3)CC2)cc1C(F)(F)F. The van der Waals surface area contributed by atoms with Gasteiger partial charge < -0.3 is 25.6 Å². The monoisotopic (exact) mass is 716 g/mol. The molecule has 2 aromatic rings.